The lowest BCUT2D eigenvalue weighted by atomic mass is 9.97. The van der Waals surface area contributed by atoms with Crippen molar-refractivity contribution in [3.8, 4) is 11.1 Å². The van der Waals surface area contributed by atoms with Gasteiger partial charge in [-0.15, -0.1) is 0 Å². The van der Waals surface area contributed by atoms with Gasteiger partial charge in [0.1, 0.15) is 0 Å². The number of hydrogen-bond acceptors (Lipinski definition) is 2. The van der Waals surface area contributed by atoms with Crippen molar-refractivity contribution < 1.29 is 9.59 Å². The summed E-state index contributed by atoms with van der Waals surface area (Å²) in [6, 6.07) is 31.3. The largest absolute Gasteiger partial charge is 0.322 e. The third-order valence-electron chi connectivity index (χ3n) is 6.72. The van der Waals surface area contributed by atoms with Crippen molar-refractivity contribution in [3.63, 3.8) is 0 Å². The summed E-state index contributed by atoms with van der Waals surface area (Å²) in [5, 5.41) is 3.00. The average molecular weight is 475 g/mol. The molecule has 180 valence electrons. The topological polar surface area (TPSA) is 49.4 Å². The second-order valence-electron chi connectivity index (χ2n) is 9.21. The van der Waals surface area contributed by atoms with Crippen molar-refractivity contribution in [2.24, 2.45) is 0 Å². The maximum absolute atomic E-state index is 13.2. The minimum absolute atomic E-state index is 0.0168. The van der Waals surface area contributed by atoms with Crippen LogP contribution < -0.4 is 10.2 Å². The Balaban J connectivity index is 1.32. The van der Waals surface area contributed by atoms with E-state index >= 15 is 0 Å². The van der Waals surface area contributed by atoms with Crippen LogP contribution in [-0.4, -0.2) is 18.4 Å². The van der Waals surface area contributed by atoms with Gasteiger partial charge in [-0.1, -0.05) is 74.0 Å². The molecule has 0 radical (unpaired) electrons. The van der Waals surface area contributed by atoms with Gasteiger partial charge in [-0.05, 0) is 77.9 Å². The van der Waals surface area contributed by atoms with Gasteiger partial charge in [0.05, 0.1) is 0 Å². The fraction of sp³-hybridized carbons (Fsp3) is 0.188. The summed E-state index contributed by atoms with van der Waals surface area (Å²) in [5.74, 6) is -0.191. The fourth-order valence-corrected chi connectivity index (χ4v) is 4.87. The van der Waals surface area contributed by atoms with E-state index in [-0.39, 0.29) is 11.8 Å². The molecule has 1 aliphatic heterocycles. The maximum atomic E-state index is 13.2. The first kappa shape index (κ1) is 23.6. The predicted octanol–water partition coefficient (Wildman–Crippen LogP) is 7.15. The van der Waals surface area contributed by atoms with Crippen LogP contribution in [0.1, 0.15) is 51.6 Å². The molecule has 0 bridgehead atoms. The Morgan fingerprint density at radius 2 is 1.56 bits per heavy atom. The van der Waals surface area contributed by atoms with Gasteiger partial charge in [0.2, 0.25) is 0 Å². The van der Waals surface area contributed by atoms with Gasteiger partial charge in [-0.3, -0.25) is 9.59 Å². The van der Waals surface area contributed by atoms with Gasteiger partial charge in [0, 0.05) is 29.0 Å². The number of para-hydroxylation sites is 1. The Morgan fingerprint density at radius 1 is 0.833 bits per heavy atom. The Bertz CT molecular complexity index is 1370. The quantitative estimate of drug-likeness (QED) is 0.323. The highest BCUT2D eigenvalue weighted by atomic mass is 16.2. The van der Waals surface area contributed by atoms with Gasteiger partial charge in [0.25, 0.3) is 11.8 Å². The van der Waals surface area contributed by atoms with E-state index in [1.165, 1.54) is 11.1 Å². The zero-order chi connectivity index (χ0) is 24.9. The molecule has 0 aliphatic carbocycles. The number of anilines is 2. The molecule has 4 heteroatoms. The maximum Gasteiger partial charge on any atom is 0.258 e. The number of nitrogens with zero attached hydrogens (tertiary/aromatic N) is 1. The molecule has 1 aliphatic rings. The molecule has 0 aromatic heterocycles. The van der Waals surface area contributed by atoms with E-state index in [9.17, 15) is 9.59 Å². The summed E-state index contributed by atoms with van der Waals surface area (Å²) in [5.41, 5.74) is 7.29. The highest BCUT2D eigenvalue weighted by Crippen LogP contribution is 2.29. The van der Waals surface area contributed by atoms with E-state index in [0.29, 0.717) is 23.4 Å². The minimum Gasteiger partial charge on any atom is -0.322 e. The van der Waals surface area contributed by atoms with E-state index in [2.05, 4.69) is 42.6 Å². The normalized spacial score (nSPS) is 12.6. The number of amides is 2. The summed E-state index contributed by atoms with van der Waals surface area (Å²) in [7, 11) is 0. The molecule has 0 spiro atoms. The standard InChI is InChI=1S/C32H30N2O2/c1-2-8-23-14-16-24(17-15-23)28-11-4-5-12-29(28)31(35)33-27-20-18-26(19-21-27)32(36)34-22-7-10-25-9-3-6-13-30(25)34/h3-6,9,11-21H,2,7-8,10,22H2,1H3,(H,33,35). The summed E-state index contributed by atoms with van der Waals surface area (Å²) in [6.45, 7) is 2.88. The van der Waals surface area contributed by atoms with Gasteiger partial charge in [-0.25, -0.2) is 0 Å². The Morgan fingerprint density at radius 3 is 2.33 bits per heavy atom. The molecule has 1 heterocycles. The first-order chi connectivity index (χ1) is 17.6. The van der Waals surface area contributed by atoms with Crippen LogP contribution in [0.15, 0.2) is 97.1 Å². The molecule has 0 fully saturated rings. The van der Waals surface area contributed by atoms with Crippen molar-refractivity contribution in [2.45, 2.75) is 32.6 Å². The monoisotopic (exact) mass is 474 g/mol. The summed E-state index contributed by atoms with van der Waals surface area (Å²) < 4.78 is 0. The molecule has 5 rings (SSSR count). The molecular weight excluding hydrogens is 444 g/mol. The van der Waals surface area contributed by atoms with Crippen molar-refractivity contribution in [1.82, 2.24) is 0 Å². The number of nitrogens with one attached hydrogen (secondary N) is 1. The number of aryl methyl sites for hydroxylation is 2. The summed E-state index contributed by atoms with van der Waals surface area (Å²) >= 11 is 0. The minimum atomic E-state index is -0.174. The molecule has 4 aromatic carbocycles. The summed E-state index contributed by atoms with van der Waals surface area (Å²) in [4.78, 5) is 28.3. The number of hydrogen-bond donors (Lipinski definition) is 1. The first-order valence-electron chi connectivity index (χ1n) is 12.6. The van der Waals surface area contributed by atoms with Crippen molar-refractivity contribution >= 4 is 23.2 Å². The van der Waals surface area contributed by atoms with E-state index in [1.807, 2.05) is 47.4 Å². The van der Waals surface area contributed by atoms with Crippen LogP contribution in [-0.2, 0) is 12.8 Å². The zero-order valence-electron chi connectivity index (χ0n) is 20.5. The SMILES string of the molecule is CCCc1ccc(-c2ccccc2C(=O)Nc2ccc(C(=O)N3CCCc4ccccc43)cc2)cc1. The van der Waals surface area contributed by atoms with E-state index < -0.39 is 0 Å². The highest BCUT2D eigenvalue weighted by Gasteiger charge is 2.23. The van der Waals surface area contributed by atoms with Gasteiger partial charge in [-0.2, -0.15) is 0 Å². The van der Waals surface area contributed by atoms with Crippen molar-refractivity contribution in [1.29, 1.82) is 0 Å². The lowest BCUT2D eigenvalue weighted by molar-refractivity contribution is 0.0984. The van der Waals surface area contributed by atoms with E-state index in [0.717, 1.165) is 42.5 Å². The Labute approximate surface area is 212 Å². The van der Waals surface area contributed by atoms with Crippen LogP contribution in [0.4, 0.5) is 11.4 Å². The van der Waals surface area contributed by atoms with Crippen LogP contribution in [0.5, 0.6) is 0 Å². The number of rotatable bonds is 6. The smallest absolute Gasteiger partial charge is 0.258 e. The molecule has 36 heavy (non-hydrogen) atoms. The average Bonchev–Trinajstić information content (AvgIpc) is 2.93. The molecule has 0 unspecified atom stereocenters. The lowest BCUT2D eigenvalue weighted by Gasteiger charge is -2.29. The first-order valence-corrected chi connectivity index (χ1v) is 12.6. The van der Waals surface area contributed by atoms with Crippen LogP contribution in [0.3, 0.4) is 0 Å². The third-order valence-corrected chi connectivity index (χ3v) is 6.72. The third kappa shape index (κ3) is 4.94. The molecule has 4 aromatic rings. The van der Waals surface area contributed by atoms with E-state index in [1.54, 1.807) is 24.3 Å². The van der Waals surface area contributed by atoms with Gasteiger partial charge < -0.3 is 10.2 Å². The number of carbonyl (C=O) groups excluding carboxylic acids is 2. The van der Waals surface area contributed by atoms with E-state index in [4.69, 9.17) is 0 Å². The van der Waals surface area contributed by atoms with Crippen LogP contribution in [0.2, 0.25) is 0 Å². The number of benzene rings is 4. The molecule has 1 N–H and O–H groups in total. The molecule has 0 atom stereocenters. The zero-order valence-corrected chi connectivity index (χ0v) is 20.5. The molecular formula is C32H30N2O2. The molecule has 0 saturated heterocycles. The van der Waals surface area contributed by atoms with Gasteiger partial charge >= 0.3 is 0 Å². The molecule has 4 nitrogen and oxygen atoms in total. The second-order valence-corrected chi connectivity index (χ2v) is 9.21. The number of fused-ring (bicyclic) bond motifs is 1. The summed E-state index contributed by atoms with van der Waals surface area (Å²) in [6.07, 6.45) is 4.10. The van der Waals surface area contributed by atoms with Gasteiger partial charge in [0.15, 0.2) is 0 Å². The Kier molecular flexibility index (Phi) is 6.94. The van der Waals surface area contributed by atoms with Crippen LogP contribution in [0.25, 0.3) is 11.1 Å². The molecule has 2 amide bonds. The molecule has 0 saturated carbocycles. The predicted molar refractivity (Wildman–Crippen MR) is 147 cm³/mol. The van der Waals surface area contributed by atoms with Crippen LogP contribution in [0, 0.1) is 0 Å². The highest BCUT2D eigenvalue weighted by molar-refractivity contribution is 6.10. The van der Waals surface area contributed by atoms with Crippen molar-refractivity contribution in [2.75, 3.05) is 16.8 Å². The number of carbonyl (C=O) groups is 2. The Hall–Kier alpha value is -4.18. The van der Waals surface area contributed by atoms with Crippen LogP contribution >= 0.6 is 0 Å². The second kappa shape index (κ2) is 10.6. The van der Waals surface area contributed by atoms with Crippen molar-refractivity contribution in [3.05, 3.63) is 119 Å². The lowest BCUT2D eigenvalue weighted by Crippen LogP contribution is -2.35. The fourth-order valence-electron chi connectivity index (χ4n) is 4.87.